The maximum Gasteiger partial charge on any atom is 0.262 e. The summed E-state index contributed by atoms with van der Waals surface area (Å²) in [5.74, 6) is -0.938. The van der Waals surface area contributed by atoms with Crippen molar-refractivity contribution < 1.29 is 18.4 Å². The Morgan fingerprint density at radius 1 is 1.00 bits per heavy atom. The molecule has 2 N–H and O–H groups in total. The molecule has 0 radical (unpaired) electrons. The lowest BCUT2D eigenvalue weighted by Crippen LogP contribution is -2.52. The summed E-state index contributed by atoms with van der Waals surface area (Å²) in [5.41, 5.74) is 4.04. The van der Waals surface area contributed by atoms with Gasteiger partial charge in [0.05, 0.1) is 5.75 Å². The zero-order valence-electron chi connectivity index (χ0n) is 15.1. The lowest BCUT2D eigenvalue weighted by molar-refractivity contribution is -0.133. The number of hydroxylamine groups is 1. The molecule has 3 aromatic rings. The monoisotopic (exact) mass is 396 g/mol. The number of benzene rings is 3. The zero-order chi connectivity index (χ0) is 19.7. The molecule has 0 fully saturated rings. The highest BCUT2D eigenvalue weighted by Gasteiger charge is 2.38. The van der Waals surface area contributed by atoms with Gasteiger partial charge >= 0.3 is 0 Å². The first-order valence-electron chi connectivity index (χ1n) is 8.96. The van der Waals surface area contributed by atoms with E-state index in [4.69, 9.17) is 5.21 Å². The first-order valence-corrected chi connectivity index (χ1v) is 10.6. The van der Waals surface area contributed by atoms with Crippen LogP contribution in [0.4, 0.5) is 0 Å². The van der Waals surface area contributed by atoms with Gasteiger partial charge in [0.1, 0.15) is 6.04 Å². The van der Waals surface area contributed by atoms with Crippen LogP contribution in [0.1, 0.15) is 16.7 Å². The fourth-order valence-electron chi connectivity index (χ4n) is 3.71. The van der Waals surface area contributed by atoms with Crippen molar-refractivity contribution in [3.63, 3.8) is 0 Å². The summed E-state index contributed by atoms with van der Waals surface area (Å²) in [6, 6.07) is 19.7. The number of nitrogens with zero attached hydrogens (tertiary/aromatic N) is 1. The van der Waals surface area contributed by atoms with Crippen molar-refractivity contribution >= 4 is 26.7 Å². The summed E-state index contributed by atoms with van der Waals surface area (Å²) < 4.78 is 27.6. The molecule has 7 heteroatoms. The van der Waals surface area contributed by atoms with Crippen molar-refractivity contribution in [2.75, 3.05) is 0 Å². The number of hydrogen-bond acceptors (Lipinski definition) is 4. The highest BCUT2D eigenvalue weighted by atomic mass is 32.2. The zero-order valence-corrected chi connectivity index (χ0v) is 15.9. The maximum absolute atomic E-state index is 13.2. The van der Waals surface area contributed by atoms with E-state index in [1.807, 2.05) is 60.7 Å². The van der Waals surface area contributed by atoms with E-state index in [2.05, 4.69) is 0 Å². The van der Waals surface area contributed by atoms with Gasteiger partial charge in [0.15, 0.2) is 0 Å². The van der Waals surface area contributed by atoms with Gasteiger partial charge in [-0.25, -0.2) is 13.9 Å². The van der Waals surface area contributed by atoms with Crippen LogP contribution in [-0.2, 0) is 33.5 Å². The molecule has 0 bridgehead atoms. The number of amides is 1. The smallest absolute Gasteiger partial charge is 0.262 e. The molecule has 0 saturated carbocycles. The third-order valence-corrected chi connectivity index (χ3v) is 6.93. The molecule has 144 valence electrons. The van der Waals surface area contributed by atoms with Crippen LogP contribution in [0.25, 0.3) is 10.8 Å². The number of sulfonamides is 1. The topological polar surface area (TPSA) is 86.7 Å². The molecule has 0 aliphatic carbocycles. The molecule has 0 saturated heterocycles. The fraction of sp³-hybridized carbons (Fsp3) is 0.190. The van der Waals surface area contributed by atoms with E-state index >= 15 is 0 Å². The quantitative estimate of drug-likeness (QED) is 0.524. The van der Waals surface area contributed by atoms with Crippen LogP contribution in [-0.4, -0.2) is 29.9 Å². The summed E-state index contributed by atoms with van der Waals surface area (Å²) >= 11 is 0. The highest BCUT2D eigenvalue weighted by Crippen LogP contribution is 2.28. The molecule has 1 aliphatic heterocycles. The molecule has 1 amide bonds. The average Bonchev–Trinajstić information content (AvgIpc) is 2.71. The van der Waals surface area contributed by atoms with Gasteiger partial charge in [-0.15, -0.1) is 0 Å². The largest absolute Gasteiger partial charge is 0.289 e. The van der Waals surface area contributed by atoms with E-state index in [1.54, 1.807) is 11.5 Å². The molecule has 1 atom stereocenters. The molecule has 1 heterocycles. The molecule has 4 rings (SSSR count). The summed E-state index contributed by atoms with van der Waals surface area (Å²) in [6.07, 6.45) is 0.222. The van der Waals surface area contributed by atoms with Crippen LogP contribution in [0.2, 0.25) is 0 Å². The number of fused-ring (bicyclic) bond motifs is 2. The Hall–Kier alpha value is -2.74. The van der Waals surface area contributed by atoms with Gasteiger partial charge < -0.3 is 0 Å². The molecule has 0 unspecified atom stereocenters. The SMILES string of the molecule is O=C(NO)[C@H]1Cc2ccccc2CN1S(=O)(=O)Cc1ccc2ccccc2c1. The third kappa shape index (κ3) is 3.52. The molecule has 28 heavy (non-hydrogen) atoms. The van der Waals surface area contributed by atoms with E-state index in [-0.39, 0.29) is 18.7 Å². The van der Waals surface area contributed by atoms with Crippen molar-refractivity contribution in [1.82, 2.24) is 9.79 Å². The molecule has 3 aromatic carbocycles. The molecular weight excluding hydrogens is 376 g/mol. The van der Waals surface area contributed by atoms with E-state index in [0.29, 0.717) is 5.56 Å². The normalized spacial score (nSPS) is 17.2. The van der Waals surface area contributed by atoms with Gasteiger partial charge in [-0.05, 0) is 33.9 Å². The van der Waals surface area contributed by atoms with Gasteiger partial charge in [0.25, 0.3) is 5.91 Å². The lowest BCUT2D eigenvalue weighted by Gasteiger charge is -2.34. The summed E-state index contributed by atoms with van der Waals surface area (Å²) in [4.78, 5) is 12.2. The highest BCUT2D eigenvalue weighted by molar-refractivity contribution is 7.88. The molecular formula is C21H20N2O4S. The molecule has 1 aliphatic rings. The standard InChI is InChI=1S/C21H20N2O4S/c24-21(22-25)20-12-18-7-3-4-8-19(18)13-23(20)28(26,27)14-15-9-10-16-5-1-2-6-17(16)11-15/h1-11,20,25H,12-14H2,(H,22,24)/t20-/m1/s1. The maximum atomic E-state index is 13.2. The van der Waals surface area contributed by atoms with Crippen molar-refractivity contribution in [1.29, 1.82) is 0 Å². The van der Waals surface area contributed by atoms with E-state index in [0.717, 1.165) is 21.9 Å². The van der Waals surface area contributed by atoms with Crippen molar-refractivity contribution in [3.8, 4) is 0 Å². The van der Waals surface area contributed by atoms with Crippen LogP contribution in [0.15, 0.2) is 66.7 Å². The van der Waals surface area contributed by atoms with Gasteiger partial charge in [0.2, 0.25) is 10.0 Å². The Morgan fingerprint density at radius 2 is 1.68 bits per heavy atom. The van der Waals surface area contributed by atoms with E-state index in [1.165, 1.54) is 4.31 Å². The van der Waals surface area contributed by atoms with Crippen molar-refractivity contribution in [2.45, 2.75) is 24.8 Å². The van der Waals surface area contributed by atoms with Gasteiger partial charge in [0, 0.05) is 6.54 Å². The first kappa shape index (κ1) is 18.6. The van der Waals surface area contributed by atoms with Crippen molar-refractivity contribution in [2.24, 2.45) is 0 Å². The summed E-state index contributed by atoms with van der Waals surface area (Å²) in [5, 5.41) is 11.1. The second-order valence-electron chi connectivity index (χ2n) is 6.95. The fourth-order valence-corrected chi connectivity index (χ4v) is 5.37. The van der Waals surface area contributed by atoms with Crippen molar-refractivity contribution in [3.05, 3.63) is 83.4 Å². The Kier molecular flexibility index (Phi) is 4.89. The predicted molar refractivity (Wildman–Crippen MR) is 106 cm³/mol. The van der Waals surface area contributed by atoms with Crippen LogP contribution in [0.5, 0.6) is 0 Å². The molecule has 0 aromatic heterocycles. The van der Waals surface area contributed by atoms with E-state index in [9.17, 15) is 13.2 Å². The Balaban J connectivity index is 1.68. The average molecular weight is 396 g/mol. The Labute approximate surface area is 163 Å². The minimum absolute atomic E-state index is 0.101. The Bertz CT molecular complexity index is 1140. The van der Waals surface area contributed by atoms with Gasteiger partial charge in [-0.3, -0.25) is 10.0 Å². The van der Waals surface area contributed by atoms with Crippen LogP contribution < -0.4 is 5.48 Å². The first-order chi connectivity index (χ1) is 13.5. The number of carbonyl (C=O) groups excluding carboxylic acids is 1. The van der Waals surface area contributed by atoms with Gasteiger partial charge in [-0.1, -0.05) is 66.7 Å². The van der Waals surface area contributed by atoms with E-state index < -0.39 is 22.0 Å². The minimum Gasteiger partial charge on any atom is -0.289 e. The molecule has 6 nitrogen and oxygen atoms in total. The number of carbonyl (C=O) groups is 1. The number of rotatable bonds is 4. The number of nitrogens with one attached hydrogen (secondary N) is 1. The third-order valence-electron chi connectivity index (χ3n) is 5.14. The predicted octanol–water partition coefficient (Wildman–Crippen LogP) is 2.60. The minimum atomic E-state index is -3.79. The van der Waals surface area contributed by atoms with Crippen LogP contribution >= 0.6 is 0 Å². The second-order valence-corrected chi connectivity index (χ2v) is 8.87. The molecule has 0 spiro atoms. The second kappa shape index (κ2) is 7.35. The Morgan fingerprint density at radius 3 is 2.43 bits per heavy atom. The van der Waals surface area contributed by atoms with Crippen LogP contribution in [0, 0.1) is 0 Å². The summed E-state index contributed by atoms with van der Waals surface area (Å²) in [6.45, 7) is 0.101. The number of hydrogen-bond donors (Lipinski definition) is 2. The lowest BCUT2D eigenvalue weighted by atomic mass is 9.95. The van der Waals surface area contributed by atoms with Crippen LogP contribution in [0.3, 0.4) is 0 Å². The summed E-state index contributed by atoms with van der Waals surface area (Å²) in [7, 11) is -3.79. The van der Waals surface area contributed by atoms with Gasteiger partial charge in [-0.2, -0.15) is 4.31 Å².